The van der Waals surface area contributed by atoms with Crippen LogP contribution in [0.4, 0.5) is 11.4 Å². The molecular weight excluding hydrogens is 386 g/mol. The van der Waals surface area contributed by atoms with Crippen LogP contribution in [0.15, 0.2) is 24.3 Å². The Kier molecular flexibility index (Phi) is 5.94. The third-order valence-electron chi connectivity index (χ3n) is 8.30. The lowest BCUT2D eigenvalue weighted by Gasteiger charge is -2.55. The topological polar surface area (TPSA) is 70.2 Å². The average Bonchev–Trinajstić information content (AvgIpc) is 2.75. The molecule has 5 aliphatic carbocycles. The zero-order valence-electron chi connectivity index (χ0n) is 18.6. The van der Waals surface area contributed by atoms with Gasteiger partial charge in [0.1, 0.15) is 0 Å². The summed E-state index contributed by atoms with van der Waals surface area (Å²) in [5.41, 5.74) is 1.80. The predicted octanol–water partition coefficient (Wildman–Crippen LogP) is 5.09. The molecule has 0 aliphatic heterocycles. The quantitative estimate of drug-likeness (QED) is 0.572. The Labute approximate surface area is 186 Å². The lowest BCUT2D eigenvalue weighted by atomic mass is 9.49. The number of rotatable bonds is 7. The second-order valence-electron chi connectivity index (χ2n) is 10.8. The van der Waals surface area contributed by atoms with Gasteiger partial charge < -0.3 is 16.0 Å². The summed E-state index contributed by atoms with van der Waals surface area (Å²) in [6, 6.07) is 8.57. The van der Waals surface area contributed by atoms with Crippen LogP contribution in [-0.2, 0) is 9.59 Å². The van der Waals surface area contributed by atoms with E-state index < -0.39 is 0 Å². The van der Waals surface area contributed by atoms with Gasteiger partial charge in [0.2, 0.25) is 11.8 Å². The molecule has 0 heterocycles. The molecule has 5 nitrogen and oxygen atoms in total. The van der Waals surface area contributed by atoms with E-state index in [2.05, 4.69) is 16.0 Å². The predicted molar refractivity (Wildman–Crippen MR) is 124 cm³/mol. The molecular formula is C26H37N3O2. The Morgan fingerprint density at radius 2 is 1.42 bits per heavy atom. The fourth-order valence-corrected chi connectivity index (χ4v) is 7.22. The van der Waals surface area contributed by atoms with E-state index >= 15 is 0 Å². The molecule has 5 heteroatoms. The molecule has 2 amide bonds. The molecule has 5 aliphatic rings. The van der Waals surface area contributed by atoms with E-state index in [1.165, 1.54) is 51.4 Å². The van der Waals surface area contributed by atoms with Crippen LogP contribution in [-0.4, -0.2) is 24.4 Å². The van der Waals surface area contributed by atoms with Crippen LogP contribution in [0.5, 0.6) is 0 Å². The monoisotopic (exact) mass is 423 g/mol. The normalized spacial score (nSPS) is 31.9. The number of anilines is 2. The maximum atomic E-state index is 13.0. The van der Waals surface area contributed by atoms with Gasteiger partial charge in [0, 0.05) is 35.8 Å². The Hall–Kier alpha value is -2.04. The fourth-order valence-electron chi connectivity index (χ4n) is 7.22. The Morgan fingerprint density at radius 3 is 2.03 bits per heavy atom. The van der Waals surface area contributed by atoms with E-state index in [9.17, 15) is 9.59 Å². The van der Waals surface area contributed by atoms with E-state index in [1.54, 1.807) is 0 Å². The van der Waals surface area contributed by atoms with Gasteiger partial charge in [-0.15, -0.1) is 0 Å². The molecule has 3 N–H and O–H groups in total. The first kappa shape index (κ1) is 20.8. The fraction of sp³-hybridized carbons (Fsp3) is 0.692. The summed E-state index contributed by atoms with van der Waals surface area (Å²) in [6.07, 6.45) is 14.0. The number of amides is 2. The lowest BCUT2D eigenvalue weighted by molar-refractivity contribution is -0.146. The van der Waals surface area contributed by atoms with Gasteiger partial charge in [-0.2, -0.15) is 0 Å². The maximum absolute atomic E-state index is 13.0. The zero-order valence-corrected chi connectivity index (χ0v) is 18.6. The highest BCUT2D eigenvalue weighted by molar-refractivity contribution is 5.91. The minimum absolute atomic E-state index is 0.0428. The molecule has 0 spiro atoms. The number of carbonyl (C=O) groups excluding carboxylic acids is 2. The van der Waals surface area contributed by atoms with Gasteiger partial charge in [0.05, 0.1) is 0 Å². The number of hydrogen-bond acceptors (Lipinski definition) is 3. The van der Waals surface area contributed by atoms with Crippen LogP contribution in [0.25, 0.3) is 0 Å². The van der Waals surface area contributed by atoms with Crippen LogP contribution >= 0.6 is 0 Å². The van der Waals surface area contributed by atoms with Crippen molar-refractivity contribution in [2.45, 2.75) is 83.1 Å². The number of carbonyl (C=O) groups is 2. The second kappa shape index (κ2) is 8.84. The third-order valence-corrected chi connectivity index (χ3v) is 8.30. The van der Waals surface area contributed by atoms with E-state index in [0.717, 1.165) is 48.4 Å². The summed E-state index contributed by atoms with van der Waals surface area (Å²) in [5, 5.41) is 9.67. The van der Waals surface area contributed by atoms with Crippen LogP contribution in [0.3, 0.4) is 0 Å². The minimum Gasteiger partial charge on any atom is -0.382 e. The molecule has 0 atom stereocenters. The average molecular weight is 424 g/mol. The van der Waals surface area contributed by atoms with Gasteiger partial charge in [-0.05, 0) is 93.4 Å². The van der Waals surface area contributed by atoms with Crippen molar-refractivity contribution in [2.75, 3.05) is 17.2 Å². The summed E-state index contributed by atoms with van der Waals surface area (Å²) in [7, 11) is 0. The highest BCUT2D eigenvalue weighted by atomic mass is 16.2. The van der Waals surface area contributed by atoms with Gasteiger partial charge in [-0.25, -0.2) is 0 Å². The summed E-state index contributed by atoms with van der Waals surface area (Å²) in [6.45, 7) is 0.424. The van der Waals surface area contributed by atoms with Crippen molar-refractivity contribution < 1.29 is 9.59 Å². The highest BCUT2D eigenvalue weighted by Gasteiger charge is 2.54. The van der Waals surface area contributed by atoms with E-state index in [-0.39, 0.29) is 17.2 Å². The highest BCUT2D eigenvalue weighted by Crippen LogP contribution is 2.60. The van der Waals surface area contributed by atoms with Gasteiger partial charge in [-0.3, -0.25) is 9.59 Å². The van der Waals surface area contributed by atoms with Crippen molar-refractivity contribution in [3.05, 3.63) is 24.3 Å². The smallest absolute Gasteiger partial charge is 0.226 e. The summed E-state index contributed by atoms with van der Waals surface area (Å²) in [4.78, 5) is 25.4. The Morgan fingerprint density at radius 1 is 0.839 bits per heavy atom. The van der Waals surface area contributed by atoms with Crippen LogP contribution in [0.2, 0.25) is 0 Å². The first-order chi connectivity index (χ1) is 15.1. The molecule has 4 bridgehead atoms. The molecule has 0 unspecified atom stereocenters. The van der Waals surface area contributed by atoms with Crippen molar-refractivity contribution in [1.82, 2.24) is 5.32 Å². The van der Waals surface area contributed by atoms with Gasteiger partial charge in [0.15, 0.2) is 0 Å². The SMILES string of the molecule is O=C(CCNC(=O)C12CC3CC(CC(C3)C1)C2)Nc1ccc(NC2CCCCC2)cc1. The molecule has 168 valence electrons. The molecule has 0 aromatic heterocycles. The number of benzene rings is 1. The van der Waals surface area contributed by atoms with Crippen molar-refractivity contribution in [1.29, 1.82) is 0 Å². The molecule has 1 aromatic carbocycles. The summed E-state index contributed by atoms with van der Waals surface area (Å²) < 4.78 is 0. The molecule has 0 radical (unpaired) electrons. The van der Waals surface area contributed by atoms with Gasteiger partial charge in [0.25, 0.3) is 0 Å². The minimum atomic E-state index is -0.133. The maximum Gasteiger partial charge on any atom is 0.226 e. The molecule has 5 fully saturated rings. The first-order valence-corrected chi connectivity index (χ1v) is 12.5. The molecule has 31 heavy (non-hydrogen) atoms. The van der Waals surface area contributed by atoms with Crippen LogP contribution in [0.1, 0.15) is 77.0 Å². The van der Waals surface area contributed by atoms with Crippen molar-refractivity contribution in [3.63, 3.8) is 0 Å². The first-order valence-electron chi connectivity index (χ1n) is 12.5. The molecule has 1 aromatic rings. The van der Waals surface area contributed by atoms with E-state index in [0.29, 0.717) is 19.0 Å². The Balaban J connectivity index is 1.05. The van der Waals surface area contributed by atoms with Gasteiger partial charge >= 0.3 is 0 Å². The van der Waals surface area contributed by atoms with Crippen LogP contribution < -0.4 is 16.0 Å². The molecule has 6 rings (SSSR count). The third kappa shape index (κ3) is 4.75. The van der Waals surface area contributed by atoms with E-state index in [1.807, 2.05) is 24.3 Å². The van der Waals surface area contributed by atoms with Crippen molar-refractivity contribution in [2.24, 2.45) is 23.2 Å². The largest absolute Gasteiger partial charge is 0.382 e. The van der Waals surface area contributed by atoms with Crippen LogP contribution in [0, 0.1) is 23.2 Å². The Bertz CT molecular complexity index is 762. The van der Waals surface area contributed by atoms with Crippen molar-refractivity contribution in [3.8, 4) is 0 Å². The van der Waals surface area contributed by atoms with Gasteiger partial charge in [-0.1, -0.05) is 19.3 Å². The summed E-state index contributed by atoms with van der Waals surface area (Å²) >= 11 is 0. The van der Waals surface area contributed by atoms with Crippen molar-refractivity contribution >= 4 is 23.2 Å². The van der Waals surface area contributed by atoms with E-state index in [4.69, 9.17) is 0 Å². The summed E-state index contributed by atoms with van der Waals surface area (Å²) in [5.74, 6) is 2.44. The lowest BCUT2D eigenvalue weighted by Crippen LogP contribution is -2.53. The number of nitrogens with one attached hydrogen (secondary N) is 3. The molecule has 5 saturated carbocycles. The zero-order chi connectivity index (χ0) is 21.3. The molecule has 0 saturated heterocycles. The number of hydrogen-bond donors (Lipinski definition) is 3. The second-order valence-corrected chi connectivity index (χ2v) is 10.8. The standard InChI is InChI=1S/C26H37N3O2/c30-24(29-23-8-6-22(7-9-23)28-21-4-2-1-3-5-21)10-11-27-25(31)26-15-18-12-19(16-26)14-20(13-18)17-26/h6-9,18-21,28H,1-5,10-17H2,(H,27,31)(H,29,30).